The van der Waals surface area contributed by atoms with Crippen molar-refractivity contribution in [1.29, 1.82) is 0 Å². The second-order valence-corrected chi connectivity index (χ2v) is 6.71. The largest absolute Gasteiger partial charge is 0.451 e. The monoisotopic (exact) mass is 380 g/mol. The van der Waals surface area contributed by atoms with E-state index in [9.17, 15) is 14.4 Å². The maximum Gasteiger partial charge on any atom is 0.329 e. The predicted octanol–water partition coefficient (Wildman–Crippen LogP) is 2.72. The zero-order valence-corrected chi connectivity index (χ0v) is 16.0. The number of nitrogens with one attached hydrogen (secondary N) is 2. The second-order valence-electron chi connectivity index (χ2n) is 6.28. The minimum Gasteiger partial charge on any atom is -0.451 e. The number of hydrogen-bond acceptors (Lipinski definition) is 4. The summed E-state index contributed by atoms with van der Waals surface area (Å²) in [6, 6.07) is 5.48. The molecule has 0 saturated carbocycles. The second kappa shape index (κ2) is 10.6. The molecule has 26 heavy (non-hydrogen) atoms. The molecule has 0 fully saturated rings. The number of amides is 2. The zero-order valence-electron chi connectivity index (χ0n) is 15.3. The van der Waals surface area contributed by atoms with Crippen molar-refractivity contribution in [2.75, 3.05) is 6.54 Å². The molecule has 1 aromatic carbocycles. The average Bonchev–Trinajstić information content (AvgIpc) is 2.58. The summed E-state index contributed by atoms with van der Waals surface area (Å²) in [5, 5.41) is 5.73. The summed E-state index contributed by atoms with van der Waals surface area (Å²) in [4.78, 5) is 36.6. The molecule has 1 aromatic rings. The van der Waals surface area contributed by atoms with E-state index in [1.165, 1.54) is 13.0 Å². The van der Waals surface area contributed by atoms with Crippen LogP contribution in [0.25, 0.3) is 0 Å². The molecule has 2 atom stereocenters. The Kier molecular flexibility index (Phi) is 8.85. The van der Waals surface area contributed by atoms with E-state index in [2.05, 4.69) is 17.2 Å². The van der Waals surface area contributed by atoms with Gasteiger partial charge in [-0.15, -0.1) is 6.58 Å². The predicted molar refractivity (Wildman–Crippen MR) is 101 cm³/mol. The van der Waals surface area contributed by atoms with Crippen molar-refractivity contribution < 1.29 is 19.1 Å². The highest BCUT2D eigenvalue weighted by Crippen LogP contribution is 2.12. The maximum atomic E-state index is 12.4. The Morgan fingerprint density at radius 2 is 1.81 bits per heavy atom. The van der Waals surface area contributed by atoms with Gasteiger partial charge in [0.2, 0.25) is 0 Å². The Labute approximate surface area is 158 Å². The van der Waals surface area contributed by atoms with Crippen LogP contribution in [0.5, 0.6) is 0 Å². The van der Waals surface area contributed by atoms with Crippen molar-refractivity contribution in [1.82, 2.24) is 10.6 Å². The normalized spacial score (nSPS) is 12.8. The molecular formula is C19H25ClN2O4. The molecule has 1 rings (SSSR count). The molecule has 0 radical (unpaired) electrons. The summed E-state index contributed by atoms with van der Waals surface area (Å²) in [5.41, 5.74) is 0.382. The number of rotatable bonds is 9. The Morgan fingerprint density at radius 1 is 1.19 bits per heavy atom. The molecule has 2 amide bonds. The molecule has 2 unspecified atom stereocenters. The van der Waals surface area contributed by atoms with Crippen molar-refractivity contribution in [3.8, 4) is 0 Å². The van der Waals surface area contributed by atoms with Gasteiger partial charge in [-0.3, -0.25) is 9.59 Å². The van der Waals surface area contributed by atoms with E-state index in [1.54, 1.807) is 24.3 Å². The highest BCUT2D eigenvalue weighted by molar-refractivity contribution is 6.30. The Bertz CT molecular complexity index is 643. The SMILES string of the molecule is C=CCNC(=O)C(C)OC(=O)C(CC(C)C)NC(=O)c1ccc(Cl)cc1. The average molecular weight is 381 g/mol. The minimum atomic E-state index is -0.968. The fraction of sp³-hybridized carbons (Fsp3) is 0.421. The van der Waals surface area contributed by atoms with Crippen molar-refractivity contribution in [2.24, 2.45) is 5.92 Å². The molecule has 6 nitrogen and oxygen atoms in total. The summed E-state index contributed by atoms with van der Waals surface area (Å²) in [7, 11) is 0. The quantitative estimate of drug-likeness (QED) is 0.509. The highest BCUT2D eigenvalue weighted by atomic mass is 35.5. The minimum absolute atomic E-state index is 0.142. The summed E-state index contributed by atoms with van der Waals surface area (Å²) >= 11 is 5.81. The van der Waals surface area contributed by atoms with Gasteiger partial charge < -0.3 is 15.4 Å². The first-order valence-corrected chi connectivity index (χ1v) is 8.78. The molecular weight excluding hydrogens is 356 g/mol. The molecule has 0 aromatic heterocycles. The van der Waals surface area contributed by atoms with E-state index < -0.39 is 29.9 Å². The summed E-state index contributed by atoms with van der Waals surface area (Å²) < 4.78 is 5.21. The molecule has 0 spiro atoms. The lowest BCUT2D eigenvalue weighted by molar-refractivity contribution is -0.156. The third-order valence-corrected chi connectivity index (χ3v) is 3.74. The molecule has 0 bridgehead atoms. The van der Waals surface area contributed by atoms with Crippen molar-refractivity contribution >= 4 is 29.4 Å². The Morgan fingerprint density at radius 3 is 2.35 bits per heavy atom. The first-order chi connectivity index (χ1) is 12.2. The smallest absolute Gasteiger partial charge is 0.329 e. The van der Waals surface area contributed by atoms with E-state index in [1.807, 2.05) is 13.8 Å². The van der Waals surface area contributed by atoms with Crippen LogP contribution in [0.2, 0.25) is 5.02 Å². The number of esters is 1. The lowest BCUT2D eigenvalue weighted by Gasteiger charge is -2.21. The first kappa shape index (κ1) is 21.7. The van der Waals surface area contributed by atoms with Gasteiger partial charge >= 0.3 is 5.97 Å². The number of ether oxygens (including phenoxy) is 1. The standard InChI is InChI=1S/C19H25ClN2O4/c1-5-10-21-17(23)13(4)26-19(25)16(11-12(2)3)22-18(24)14-6-8-15(20)9-7-14/h5-9,12-13,16H,1,10-11H2,2-4H3,(H,21,23)(H,22,24). The van der Waals surface area contributed by atoms with E-state index in [4.69, 9.17) is 16.3 Å². The van der Waals surface area contributed by atoms with Gasteiger partial charge in [-0.1, -0.05) is 31.5 Å². The zero-order chi connectivity index (χ0) is 19.7. The molecule has 0 aliphatic carbocycles. The molecule has 7 heteroatoms. The van der Waals surface area contributed by atoms with Crippen LogP contribution in [-0.4, -0.2) is 36.5 Å². The van der Waals surface area contributed by atoms with Gasteiger partial charge in [0.05, 0.1) is 0 Å². The fourth-order valence-corrected chi connectivity index (χ4v) is 2.28. The lowest BCUT2D eigenvalue weighted by atomic mass is 10.0. The topological polar surface area (TPSA) is 84.5 Å². The van der Waals surface area contributed by atoms with Gasteiger partial charge in [-0.25, -0.2) is 4.79 Å². The van der Waals surface area contributed by atoms with Crippen LogP contribution in [0.15, 0.2) is 36.9 Å². The molecule has 0 aliphatic heterocycles. The first-order valence-electron chi connectivity index (χ1n) is 8.40. The highest BCUT2D eigenvalue weighted by Gasteiger charge is 2.27. The number of carbonyl (C=O) groups is 3. The molecule has 0 aliphatic rings. The number of carbonyl (C=O) groups excluding carboxylic acids is 3. The molecule has 0 saturated heterocycles. The molecule has 2 N–H and O–H groups in total. The van der Waals surface area contributed by atoms with E-state index in [-0.39, 0.29) is 12.5 Å². The van der Waals surface area contributed by atoms with Crippen LogP contribution in [-0.2, 0) is 14.3 Å². The van der Waals surface area contributed by atoms with Crippen LogP contribution in [0, 0.1) is 5.92 Å². The summed E-state index contributed by atoms with van der Waals surface area (Å²) in [5.74, 6) is -1.34. The fourth-order valence-electron chi connectivity index (χ4n) is 2.15. The lowest BCUT2D eigenvalue weighted by Crippen LogP contribution is -2.45. The number of benzene rings is 1. The van der Waals surface area contributed by atoms with Gasteiger partial charge in [-0.05, 0) is 43.5 Å². The van der Waals surface area contributed by atoms with Gasteiger partial charge in [0.25, 0.3) is 11.8 Å². The van der Waals surface area contributed by atoms with Crippen molar-refractivity contribution in [3.05, 3.63) is 47.5 Å². The molecule has 0 heterocycles. The van der Waals surface area contributed by atoms with Crippen molar-refractivity contribution in [3.63, 3.8) is 0 Å². The third kappa shape index (κ3) is 7.27. The van der Waals surface area contributed by atoms with Crippen LogP contribution in [0.4, 0.5) is 0 Å². The Balaban J connectivity index is 2.76. The van der Waals surface area contributed by atoms with E-state index >= 15 is 0 Å². The maximum absolute atomic E-state index is 12.4. The van der Waals surface area contributed by atoms with Crippen LogP contribution in [0.1, 0.15) is 37.6 Å². The van der Waals surface area contributed by atoms with Gasteiger partial charge in [0, 0.05) is 17.1 Å². The third-order valence-electron chi connectivity index (χ3n) is 3.49. The van der Waals surface area contributed by atoms with E-state index in [0.29, 0.717) is 17.0 Å². The Hall–Kier alpha value is -2.34. The van der Waals surface area contributed by atoms with Crippen LogP contribution >= 0.6 is 11.6 Å². The summed E-state index contributed by atoms with van der Waals surface area (Å²) in [6.45, 7) is 9.11. The van der Waals surface area contributed by atoms with Crippen molar-refractivity contribution in [2.45, 2.75) is 39.3 Å². The van der Waals surface area contributed by atoms with Crippen LogP contribution in [0.3, 0.4) is 0 Å². The van der Waals surface area contributed by atoms with Gasteiger partial charge in [-0.2, -0.15) is 0 Å². The number of halogens is 1. The summed E-state index contributed by atoms with van der Waals surface area (Å²) in [6.07, 6.45) is 0.948. The molecule has 142 valence electrons. The van der Waals surface area contributed by atoms with Crippen LogP contribution < -0.4 is 10.6 Å². The van der Waals surface area contributed by atoms with Gasteiger partial charge in [0.15, 0.2) is 6.10 Å². The van der Waals surface area contributed by atoms with Gasteiger partial charge in [0.1, 0.15) is 6.04 Å². The van der Waals surface area contributed by atoms with E-state index in [0.717, 1.165) is 0 Å². The number of hydrogen-bond donors (Lipinski definition) is 2.